The van der Waals surface area contributed by atoms with Crippen LogP contribution in [0.5, 0.6) is 5.75 Å². The molecule has 9 nitrogen and oxygen atoms in total. The Morgan fingerprint density at radius 2 is 1.68 bits per heavy atom. The second-order valence-electron chi connectivity index (χ2n) is 9.26. The predicted octanol–water partition coefficient (Wildman–Crippen LogP) is 5.74. The molecule has 3 aromatic carbocycles. The number of para-hydroxylation sites is 2. The van der Waals surface area contributed by atoms with Gasteiger partial charge in [0.15, 0.2) is 5.78 Å². The summed E-state index contributed by atoms with van der Waals surface area (Å²) in [5.74, 6) is 0.136. The Kier molecular flexibility index (Phi) is 11.3. The average molecular weight is 546 g/mol. The maximum absolute atomic E-state index is 12.8. The van der Waals surface area contributed by atoms with E-state index in [0.717, 1.165) is 5.56 Å². The van der Waals surface area contributed by atoms with Crippen molar-refractivity contribution in [3.63, 3.8) is 0 Å². The first kappa shape index (κ1) is 29.9. The van der Waals surface area contributed by atoms with Crippen LogP contribution >= 0.6 is 0 Å². The third-order valence-corrected chi connectivity index (χ3v) is 6.13. The van der Waals surface area contributed by atoms with Crippen molar-refractivity contribution in [2.24, 2.45) is 5.92 Å². The number of carbonyl (C=O) groups is 3. The van der Waals surface area contributed by atoms with Gasteiger partial charge in [0, 0.05) is 11.3 Å². The number of anilines is 3. The molecule has 0 bridgehead atoms. The molecule has 2 atom stereocenters. The zero-order valence-electron chi connectivity index (χ0n) is 22.6. The number of hydrogen-bond donors (Lipinski definition) is 4. The molecule has 0 aromatic heterocycles. The zero-order chi connectivity index (χ0) is 28.9. The molecule has 210 valence electrons. The van der Waals surface area contributed by atoms with E-state index in [0.29, 0.717) is 41.2 Å². The van der Waals surface area contributed by atoms with E-state index >= 15 is 0 Å². The minimum absolute atomic E-state index is 0.0647. The van der Waals surface area contributed by atoms with Crippen LogP contribution in [0.1, 0.15) is 48.7 Å². The molecule has 0 heterocycles. The van der Waals surface area contributed by atoms with Gasteiger partial charge < -0.3 is 25.6 Å². The summed E-state index contributed by atoms with van der Waals surface area (Å²) in [4.78, 5) is 36.6. The summed E-state index contributed by atoms with van der Waals surface area (Å²) in [6.45, 7) is 3.53. The SMILES string of the molecule is CC(=O)c1ccc(NC(=O)O[C@@H](c2ccc(OCCO)cc2)[C@H](C)CC/C=C/C(=O)Nc2ccccc2N)cc1. The third kappa shape index (κ3) is 9.28. The van der Waals surface area contributed by atoms with Gasteiger partial charge in [0.1, 0.15) is 18.5 Å². The van der Waals surface area contributed by atoms with Gasteiger partial charge in [-0.1, -0.05) is 37.3 Å². The molecule has 40 heavy (non-hydrogen) atoms. The van der Waals surface area contributed by atoms with Gasteiger partial charge in [-0.15, -0.1) is 0 Å². The number of rotatable bonds is 13. The van der Waals surface area contributed by atoms with Gasteiger partial charge in [-0.2, -0.15) is 0 Å². The number of Topliss-reactive ketones (excluding diaryl/α,β-unsaturated/α-hetero) is 1. The van der Waals surface area contributed by atoms with Crippen LogP contribution in [0.2, 0.25) is 0 Å². The van der Waals surface area contributed by atoms with E-state index < -0.39 is 12.2 Å². The van der Waals surface area contributed by atoms with E-state index in [1.165, 1.54) is 13.0 Å². The largest absolute Gasteiger partial charge is 0.491 e. The van der Waals surface area contributed by atoms with Gasteiger partial charge >= 0.3 is 6.09 Å². The Morgan fingerprint density at radius 3 is 2.33 bits per heavy atom. The van der Waals surface area contributed by atoms with Gasteiger partial charge in [0.05, 0.1) is 18.0 Å². The topological polar surface area (TPSA) is 140 Å². The van der Waals surface area contributed by atoms with Gasteiger partial charge in [0.25, 0.3) is 0 Å². The summed E-state index contributed by atoms with van der Waals surface area (Å²) in [5, 5.41) is 14.4. The molecule has 3 aromatic rings. The number of ketones is 1. The highest BCUT2D eigenvalue weighted by Gasteiger charge is 2.24. The van der Waals surface area contributed by atoms with E-state index in [1.54, 1.807) is 66.7 Å². The van der Waals surface area contributed by atoms with E-state index in [2.05, 4.69) is 10.6 Å². The van der Waals surface area contributed by atoms with Crippen molar-refractivity contribution in [3.05, 3.63) is 96.1 Å². The molecule has 0 aliphatic rings. The molecule has 0 fully saturated rings. The predicted molar refractivity (Wildman–Crippen MR) is 155 cm³/mol. The van der Waals surface area contributed by atoms with Gasteiger partial charge in [-0.05, 0) is 85.9 Å². The van der Waals surface area contributed by atoms with Crippen LogP contribution in [0.4, 0.5) is 21.9 Å². The van der Waals surface area contributed by atoms with Crippen molar-refractivity contribution in [2.75, 3.05) is 29.6 Å². The molecule has 2 amide bonds. The Balaban J connectivity index is 1.64. The molecule has 0 unspecified atom stereocenters. The van der Waals surface area contributed by atoms with Gasteiger partial charge in [-0.25, -0.2) is 4.79 Å². The summed E-state index contributed by atoms with van der Waals surface area (Å²) in [6, 6.07) is 20.7. The summed E-state index contributed by atoms with van der Waals surface area (Å²) in [5.41, 5.74) is 8.72. The maximum Gasteiger partial charge on any atom is 0.412 e. The van der Waals surface area contributed by atoms with Crippen molar-refractivity contribution in [3.8, 4) is 5.75 Å². The number of benzene rings is 3. The lowest BCUT2D eigenvalue weighted by molar-refractivity contribution is -0.111. The Morgan fingerprint density at radius 1 is 0.975 bits per heavy atom. The number of nitrogen functional groups attached to an aromatic ring is 1. The first-order valence-corrected chi connectivity index (χ1v) is 13.0. The number of ether oxygens (including phenoxy) is 2. The first-order chi connectivity index (χ1) is 19.3. The van der Waals surface area contributed by atoms with Crippen LogP contribution in [0.25, 0.3) is 0 Å². The highest BCUT2D eigenvalue weighted by atomic mass is 16.6. The fourth-order valence-corrected chi connectivity index (χ4v) is 3.97. The van der Waals surface area contributed by atoms with Crippen molar-refractivity contribution < 1.29 is 29.0 Å². The molecule has 0 spiro atoms. The standard InChI is InChI=1S/C31H35N3O6/c1-21(7-3-6-10-29(37)34-28-9-5-4-8-27(28)32)30(24-13-17-26(18-14-24)39-20-19-35)40-31(38)33-25-15-11-23(12-16-25)22(2)36/h4-6,8-18,21,30,35H,3,7,19-20,32H2,1-2H3,(H,33,38)(H,34,37)/b10-6+/t21-,30-/m1/s1. The quantitative estimate of drug-likeness (QED) is 0.122. The molecular weight excluding hydrogens is 510 g/mol. The summed E-state index contributed by atoms with van der Waals surface area (Å²) >= 11 is 0. The summed E-state index contributed by atoms with van der Waals surface area (Å²) in [6.07, 6.45) is 3.21. The smallest absolute Gasteiger partial charge is 0.412 e. The number of aliphatic hydroxyl groups is 1. The molecular formula is C31H35N3O6. The lowest BCUT2D eigenvalue weighted by Crippen LogP contribution is -2.22. The van der Waals surface area contributed by atoms with Crippen molar-refractivity contribution in [2.45, 2.75) is 32.8 Å². The molecule has 0 radical (unpaired) electrons. The molecule has 0 saturated carbocycles. The van der Waals surface area contributed by atoms with Crippen molar-refractivity contribution in [1.82, 2.24) is 0 Å². The minimum atomic E-state index is -0.636. The lowest BCUT2D eigenvalue weighted by atomic mass is 9.93. The Hall–Kier alpha value is -4.63. The van der Waals surface area contributed by atoms with E-state index in [9.17, 15) is 14.4 Å². The molecule has 3 rings (SSSR count). The first-order valence-electron chi connectivity index (χ1n) is 13.0. The highest BCUT2D eigenvalue weighted by Crippen LogP contribution is 2.31. The summed E-state index contributed by atoms with van der Waals surface area (Å²) < 4.78 is 11.3. The molecule has 5 N–H and O–H groups in total. The maximum atomic E-state index is 12.8. The molecule has 0 aliphatic carbocycles. The molecule has 9 heteroatoms. The number of nitrogens with one attached hydrogen (secondary N) is 2. The highest BCUT2D eigenvalue weighted by molar-refractivity contribution is 6.01. The van der Waals surface area contributed by atoms with E-state index in [4.69, 9.17) is 20.3 Å². The van der Waals surface area contributed by atoms with Crippen molar-refractivity contribution >= 4 is 34.8 Å². The lowest BCUT2D eigenvalue weighted by Gasteiger charge is -2.25. The van der Waals surface area contributed by atoms with Crippen LogP contribution in [0.15, 0.2) is 84.9 Å². The van der Waals surface area contributed by atoms with Crippen molar-refractivity contribution in [1.29, 1.82) is 0 Å². The number of amides is 2. The number of aliphatic hydroxyl groups excluding tert-OH is 1. The second kappa shape index (κ2) is 15.1. The average Bonchev–Trinajstić information content (AvgIpc) is 2.94. The van der Waals surface area contributed by atoms with Gasteiger partial charge in [0.2, 0.25) is 5.91 Å². The zero-order valence-corrected chi connectivity index (χ0v) is 22.6. The van der Waals surface area contributed by atoms with Crippen LogP contribution < -0.4 is 21.1 Å². The number of nitrogens with two attached hydrogens (primary N) is 1. The number of allylic oxidation sites excluding steroid dienone is 1. The van der Waals surface area contributed by atoms with Crippen LogP contribution in [0, 0.1) is 5.92 Å². The molecule has 0 aliphatic heterocycles. The molecule has 0 saturated heterocycles. The minimum Gasteiger partial charge on any atom is -0.491 e. The fourth-order valence-electron chi connectivity index (χ4n) is 3.97. The number of hydrogen-bond acceptors (Lipinski definition) is 7. The second-order valence-corrected chi connectivity index (χ2v) is 9.26. The Labute approximate surface area is 234 Å². The number of carbonyl (C=O) groups excluding carboxylic acids is 3. The summed E-state index contributed by atoms with van der Waals surface area (Å²) in [7, 11) is 0. The normalized spacial score (nSPS) is 12.4. The van der Waals surface area contributed by atoms with Crippen LogP contribution in [0.3, 0.4) is 0 Å². The van der Waals surface area contributed by atoms with Crippen LogP contribution in [-0.4, -0.2) is 36.1 Å². The van der Waals surface area contributed by atoms with E-state index in [1.807, 2.05) is 19.1 Å². The fraction of sp³-hybridized carbons (Fsp3) is 0.258. The van der Waals surface area contributed by atoms with Crippen LogP contribution in [-0.2, 0) is 9.53 Å². The van der Waals surface area contributed by atoms with Gasteiger partial charge in [-0.3, -0.25) is 14.9 Å². The Bertz CT molecular complexity index is 1310. The monoisotopic (exact) mass is 545 g/mol. The van der Waals surface area contributed by atoms with E-state index in [-0.39, 0.29) is 30.8 Å². The third-order valence-electron chi connectivity index (χ3n) is 6.13.